The topological polar surface area (TPSA) is 91.9 Å². The van der Waals surface area contributed by atoms with Gasteiger partial charge in [0.05, 0.1) is 6.61 Å². The number of carbonyl (C=O) groups excluding carboxylic acids is 1. The summed E-state index contributed by atoms with van der Waals surface area (Å²) in [5.74, 6) is 0.261. The van der Waals surface area contributed by atoms with Crippen molar-refractivity contribution in [3.05, 3.63) is 0 Å². The van der Waals surface area contributed by atoms with Gasteiger partial charge >= 0.3 is 12.0 Å². The third kappa shape index (κ3) is 3.84. The number of rotatable bonds is 4. The second-order valence-electron chi connectivity index (χ2n) is 3.15. The van der Waals surface area contributed by atoms with Gasteiger partial charge < -0.3 is 10.1 Å². The van der Waals surface area contributed by atoms with Gasteiger partial charge in [0.25, 0.3) is 0 Å². The molecule has 3 N–H and O–H groups in total. The lowest BCUT2D eigenvalue weighted by molar-refractivity contribution is 0.250. The highest BCUT2D eigenvalue weighted by Crippen LogP contribution is 2.04. The van der Waals surface area contributed by atoms with E-state index in [9.17, 15) is 4.79 Å². The Bertz CT molecular complexity index is 323. The molecule has 1 rings (SSSR count). The quantitative estimate of drug-likeness (QED) is 0.687. The van der Waals surface area contributed by atoms with Gasteiger partial charge in [-0.25, -0.2) is 9.89 Å². The minimum atomic E-state index is -0.329. The Morgan fingerprint density at radius 3 is 2.93 bits per heavy atom. The second kappa shape index (κ2) is 5.18. The summed E-state index contributed by atoms with van der Waals surface area (Å²) in [6, 6.07) is -0.0409. The molecule has 0 atom stereocenters. The van der Waals surface area contributed by atoms with Crippen molar-refractivity contribution in [1.29, 1.82) is 0 Å². The molecule has 0 saturated carbocycles. The third-order valence-electron chi connectivity index (χ3n) is 1.39. The van der Waals surface area contributed by atoms with Crippen LogP contribution in [-0.4, -0.2) is 33.9 Å². The predicted molar refractivity (Wildman–Crippen MR) is 54.8 cm³/mol. The van der Waals surface area contributed by atoms with Crippen LogP contribution in [0.1, 0.15) is 20.8 Å². The molecule has 15 heavy (non-hydrogen) atoms. The maximum atomic E-state index is 11.2. The van der Waals surface area contributed by atoms with E-state index in [1.165, 1.54) is 0 Å². The van der Waals surface area contributed by atoms with Crippen LogP contribution in [0.4, 0.5) is 10.7 Å². The molecule has 0 aliphatic rings. The van der Waals surface area contributed by atoms with Gasteiger partial charge in [0.1, 0.15) is 0 Å². The highest BCUT2D eigenvalue weighted by atomic mass is 16.5. The number of anilines is 1. The van der Waals surface area contributed by atoms with E-state index in [0.29, 0.717) is 6.61 Å². The summed E-state index contributed by atoms with van der Waals surface area (Å²) in [6.45, 7) is 6.04. The van der Waals surface area contributed by atoms with Crippen molar-refractivity contribution in [1.82, 2.24) is 20.5 Å². The highest BCUT2D eigenvalue weighted by molar-refractivity contribution is 5.87. The van der Waals surface area contributed by atoms with E-state index in [2.05, 4.69) is 25.8 Å². The first kappa shape index (κ1) is 11.3. The van der Waals surface area contributed by atoms with Crippen molar-refractivity contribution in [2.24, 2.45) is 0 Å². The summed E-state index contributed by atoms with van der Waals surface area (Å²) in [7, 11) is 0. The number of carbonyl (C=O) groups is 1. The molecule has 0 spiro atoms. The fraction of sp³-hybridized carbons (Fsp3) is 0.625. The summed E-state index contributed by atoms with van der Waals surface area (Å²) in [6.07, 6.45) is 0. The zero-order chi connectivity index (χ0) is 11.3. The van der Waals surface area contributed by atoms with Gasteiger partial charge in [0.2, 0.25) is 5.95 Å². The van der Waals surface area contributed by atoms with Crippen molar-refractivity contribution in [2.45, 2.75) is 26.8 Å². The van der Waals surface area contributed by atoms with Crippen LogP contribution in [-0.2, 0) is 0 Å². The SMILES string of the molecule is CCOc1n[nH]c(NC(=O)NC(C)C)n1. The number of amides is 2. The number of nitrogens with zero attached hydrogens (tertiary/aromatic N) is 2. The van der Waals surface area contributed by atoms with Crippen LogP contribution in [0.2, 0.25) is 0 Å². The van der Waals surface area contributed by atoms with Crippen LogP contribution in [0, 0.1) is 0 Å². The Labute approximate surface area is 87.6 Å². The summed E-state index contributed by atoms with van der Waals surface area (Å²) in [4.78, 5) is 15.1. The molecule has 2 amide bonds. The Morgan fingerprint density at radius 1 is 1.60 bits per heavy atom. The Kier molecular flexibility index (Phi) is 3.90. The van der Waals surface area contributed by atoms with E-state index < -0.39 is 0 Å². The molecule has 1 heterocycles. The number of aromatic nitrogens is 3. The minimum absolute atomic E-state index is 0.0688. The van der Waals surface area contributed by atoms with Gasteiger partial charge in [-0.2, -0.15) is 4.98 Å². The smallest absolute Gasteiger partial charge is 0.337 e. The number of hydrogen-bond acceptors (Lipinski definition) is 4. The second-order valence-corrected chi connectivity index (χ2v) is 3.15. The lowest BCUT2D eigenvalue weighted by Crippen LogP contribution is -2.34. The van der Waals surface area contributed by atoms with E-state index in [1.54, 1.807) is 0 Å². The van der Waals surface area contributed by atoms with Gasteiger partial charge in [-0.05, 0) is 20.8 Å². The molecule has 0 unspecified atom stereocenters. The van der Waals surface area contributed by atoms with Crippen molar-refractivity contribution < 1.29 is 9.53 Å². The van der Waals surface area contributed by atoms with E-state index >= 15 is 0 Å². The molecule has 0 bridgehead atoms. The normalized spacial score (nSPS) is 10.1. The van der Waals surface area contributed by atoms with Crippen molar-refractivity contribution >= 4 is 12.0 Å². The average Bonchev–Trinajstić information content (AvgIpc) is 2.51. The molecule has 0 fully saturated rings. The molecular weight excluding hydrogens is 198 g/mol. The highest BCUT2D eigenvalue weighted by Gasteiger charge is 2.07. The Balaban J connectivity index is 2.46. The van der Waals surface area contributed by atoms with E-state index in [1.807, 2.05) is 20.8 Å². The standard InChI is InChI=1S/C8H15N5O2/c1-4-15-8-11-6(12-13-8)10-7(14)9-5(2)3/h5H,4H2,1-3H3,(H3,9,10,11,12,13,14). The van der Waals surface area contributed by atoms with E-state index in [0.717, 1.165) is 0 Å². The zero-order valence-corrected chi connectivity index (χ0v) is 9.00. The Morgan fingerprint density at radius 2 is 2.33 bits per heavy atom. The first-order valence-corrected chi connectivity index (χ1v) is 4.74. The van der Waals surface area contributed by atoms with Crippen molar-refractivity contribution in [2.75, 3.05) is 11.9 Å². The average molecular weight is 213 g/mol. The molecule has 0 aromatic carbocycles. The summed E-state index contributed by atoms with van der Waals surface area (Å²) in [5, 5.41) is 11.4. The molecule has 7 heteroatoms. The summed E-state index contributed by atoms with van der Waals surface area (Å²) >= 11 is 0. The molecule has 1 aromatic rings. The summed E-state index contributed by atoms with van der Waals surface area (Å²) in [5.41, 5.74) is 0. The van der Waals surface area contributed by atoms with Crippen LogP contribution in [0.15, 0.2) is 0 Å². The number of ether oxygens (including phenoxy) is 1. The lowest BCUT2D eigenvalue weighted by atomic mass is 10.4. The maximum Gasteiger partial charge on any atom is 0.337 e. The molecule has 0 radical (unpaired) electrons. The number of H-pyrrole nitrogens is 1. The van der Waals surface area contributed by atoms with Crippen LogP contribution < -0.4 is 15.4 Å². The molecule has 84 valence electrons. The number of aromatic amines is 1. The van der Waals surface area contributed by atoms with E-state index in [4.69, 9.17) is 4.74 Å². The molecule has 0 saturated heterocycles. The molecule has 7 nitrogen and oxygen atoms in total. The number of hydrogen-bond donors (Lipinski definition) is 3. The monoisotopic (exact) mass is 213 g/mol. The number of urea groups is 1. The van der Waals surface area contributed by atoms with Crippen molar-refractivity contribution in [3.8, 4) is 6.01 Å². The van der Waals surface area contributed by atoms with Gasteiger partial charge in [0, 0.05) is 6.04 Å². The lowest BCUT2D eigenvalue weighted by Gasteiger charge is -2.07. The maximum absolute atomic E-state index is 11.2. The predicted octanol–water partition coefficient (Wildman–Crippen LogP) is 0.733. The van der Waals surface area contributed by atoms with E-state index in [-0.39, 0.29) is 24.0 Å². The first-order valence-electron chi connectivity index (χ1n) is 4.74. The van der Waals surface area contributed by atoms with Gasteiger partial charge in [-0.3, -0.25) is 5.32 Å². The largest absolute Gasteiger partial charge is 0.463 e. The molecule has 0 aliphatic carbocycles. The fourth-order valence-electron chi connectivity index (χ4n) is 0.902. The van der Waals surface area contributed by atoms with Gasteiger partial charge in [-0.1, -0.05) is 0 Å². The van der Waals surface area contributed by atoms with Crippen LogP contribution in [0.5, 0.6) is 6.01 Å². The van der Waals surface area contributed by atoms with Crippen LogP contribution in [0.25, 0.3) is 0 Å². The third-order valence-corrected chi connectivity index (χ3v) is 1.39. The molecule has 0 aliphatic heterocycles. The minimum Gasteiger partial charge on any atom is -0.463 e. The van der Waals surface area contributed by atoms with Gasteiger partial charge in [-0.15, -0.1) is 5.10 Å². The Hall–Kier alpha value is -1.79. The molecule has 1 aromatic heterocycles. The van der Waals surface area contributed by atoms with Gasteiger partial charge in [0.15, 0.2) is 0 Å². The zero-order valence-electron chi connectivity index (χ0n) is 9.00. The van der Waals surface area contributed by atoms with Crippen LogP contribution in [0.3, 0.4) is 0 Å². The number of nitrogens with one attached hydrogen (secondary N) is 3. The van der Waals surface area contributed by atoms with Crippen molar-refractivity contribution in [3.63, 3.8) is 0 Å². The first-order chi connectivity index (χ1) is 7.11. The molecular formula is C8H15N5O2. The van der Waals surface area contributed by atoms with Crippen LogP contribution >= 0.6 is 0 Å². The fourth-order valence-corrected chi connectivity index (χ4v) is 0.902. The summed E-state index contributed by atoms with van der Waals surface area (Å²) < 4.78 is 5.02.